The van der Waals surface area contributed by atoms with Gasteiger partial charge in [-0.25, -0.2) is 9.67 Å². The fourth-order valence-electron chi connectivity index (χ4n) is 4.53. The summed E-state index contributed by atoms with van der Waals surface area (Å²) < 4.78 is 1.84. The molecule has 2 aliphatic heterocycles. The number of aromatic nitrogens is 3. The van der Waals surface area contributed by atoms with Gasteiger partial charge in [-0.2, -0.15) is 5.10 Å². The number of carbonyl (C=O) groups is 1. The standard InChI is InChI=1S/C23H23Cl2N5OS/c1-12-14(3)32-22(28-12)18-5-4-10-29(18)23(31)20-13(2)27-19-8-9-26-30(19)21(20)15-6-7-16(24)17(25)11-15/h6-9,11,18,21,27H,4-5,10H2,1-3H3/t18-,21?/m0/s1. The van der Waals surface area contributed by atoms with E-state index in [0.717, 1.165) is 40.6 Å². The molecule has 6 nitrogen and oxygen atoms in total. The van der Waals surface area contributed by atoms with Crippen LogP contribution in [-0.2, 0) is 4.79 Å². The number of carbonyl (C=O) groups excluding carboxylic acids is 1. The van der Waals surface area contributed by atoms with Gasteiger partial charge in [-0.15, -0.1) is 11.3 Å². The number of allylic oxidation sites excluding steroid dienone is 1. The molecule has 1 amide bonds. The van der Waals surface area contributed by atoms with Gasteiger partial charge >= 0.3 is 0 Å². The molecule has 0 radical (unpaired) electrons. The molecule has 166 valence electrons. The van der Waals surface area contributed by atoms with E-state index in [1.54, 1.807) is 23.6 Å². The lowest BCUT2D eigenvalue weighted by Gasteiger charge is -2.33. The second kappa shape index (κ2) is 8.21. The normalized spacial score (nSPS) is 20.5. The molecule has 1 aromatic carbocycles. The molecule has 2 aromatic heterocycles. The number of nitrogens with zero attached hydrogens (tertiary/aromatic N) is 4. The van der Waals surface area contributed by atoms with Gasteiger partial charge in [0.15, 0.2) is 0 Å². The predicted molar refractivity (Wildman–Crippen MR) is 128 cm³/mol. The van der Waals surface area contributed by atoms with Crippen LogP contribution in [0.15, 0.2) is 41.7 Å². The van der Waals surface area contributed by atoms with E-state index in [0.29, 0.717) is 22.2 Å². The molecule has 9 heteroatoms. The Bertz CT molecular complexity index is 1230. The molecule has 2 aliphatic rings. The van der Waals surface area contributed by atoms with Crippen molar-refractivity contribution in [2.24, 2.45) is 0 Å². The average molecular weight is 488 g/mol. The Morgan fingerprint density at radius 3 is 2.72 bits per heavy atom. The van der Waals surface area contributed by atoms with Crippen molar-refractivity contribution in [3.63, 3.8) is 0 Å². The highest BCUT2D eigenvalue weighted by atomic mass is 35.5. The number of anilines is 1. The number of fused-ring (bicyclic) bond motifs is 1. The van der Waals surface area contributed by atoms with Gasteiger partial charge in [-0.1, -0.05) is 29.3 Å². The first-order chi connectivity index (χ1) is 15.3. The van der Waals surface area contributed by atoms with Crippen molar-refractivity contribution in [1.82, 2.24) is 19.7 Å². The van der Waals surface area contributed by atoms with Crippen LogP contribution in [0, 0.1) is 13.8 Å². The molecule has 0 aliphatic carbocycles. The van der Waals surface area contributed by atoms with Crippen LogP contribution in [0.1, 0.15) is 53.0 Å². The Morgan fingerprint density at radius 2 is 2.00 bits per heavy atom. The number of rotatable bonds is 3. The lowest BCUT2D eigenvalue weighted by atomic mass is 9.94. The van der Waals surface area contributed by atoms with Gasteiger partial charge in [-0.05, 0) is 51.3 Å². The third kappa shape index (κ3) is 3.52. The number of hydrogen-bond acceptors (Lipinski definition) is 5. The van der Waals surface area contributed by atoms with Gasteiger partial charge in [0.2, 0.25) is 0 Å². The van der Waals surface area contributed by atoms with E-state index in [2.05, 4.69) is 17.3 Å². The van der Waals surface area contributed by atoms with Gasteiger partial charge in [0, 0.05) is 23.2 Å². The van der Waals surface area contributed by atoms with Crippen LogP contribution >= 0.6 is 34.5 Å². The van der Waals surface area contributed by atoms with E-state index < -0.39 is 6.04 Å². The quantitative estimate of drug-likeness (QED) is 0.498. The largest absolute Gasteiger partial charge is 0.344 e. The summed E-state index contributed by atoms with van der Waals surface area (Å²) in [4.78, 5) is 22.0. The maximum Gasteiger partial charge on any atom is 0.254 e. The second-order valence-electron chi connectivity index (χ2n) is 8.25. The predicted octanol–water partition coefficient (Wildman–Crippen LogP) is 5.92. The Balaban J connectivity index is 1.58. The van der Waals surface area contributed by atoms with E-state index >= 15 is 0 Å². The summed E-state index contributed by atoms with van der Waals surface area (Å²) in [5.41, 5.74) is 3.38. The van der Waals surface area contributed by atoms with Crippen LogP contribution in [0.3, 0.4) is 0 Å². The van der Waals surface area contributed by atoms with Crippen LogP contribution < -0.4 is 5.32 Å². The van der Waals surface area contributed by atoms with Crippen LogP contribution in [0.4, 0.5) is 5.82 Å². The van der Waals surface area contributed by atoms with Crippen molar-refractivity contribution in [3.05, 3.63) is 72.9 Å². The third-order valence-corrected chi connectivity index (χ3v) is 8.15. The number of halogens is 2. The zero-order valence-electron chi connectivity index (χ0n) is 18.0. The summed E-state index contributed by atoms with van der Waals surface area (Å²) in [5.74, 6) is 0.833. The molecule has 1 N–H and O–H groups in total. The van der Waals surface area contributed by atoms with Gasteiger partial charge in [0.25, 0.3) is 5.91 Å². The molecule has 2 atom stereocenters. The molecule has 0 bridgehead atoms. The minimum atomic E-state index is -0.399. The number of amides is 1. The highest BCUT2D eigenvalue weighted by Gasteiger charge is 2.40. The number of hydrogen-bond donors (Lipinski definition) is 1. The van der Waals surface area contributed by atoms with Crippen LogP contribution in [-0.4, -0.2) is 32.1 Å². The van der Waals surface area contributed by atoms with E-state index in [1.165, 1.54) is 4.88 Å². The van der Waals surface area contributed by atoms with Crippen LogP contribution in [0.2, 0.25) is 10.0 Å². The summed E-state index contributed by atoms with van der Waals surface area (Å²) in [6, 6.07) is 6.99. The number of likely N-dealkylation sites (tertiary alicyclic amines) is 1. The molecule has 4 heterocycles. The molecule has 5 rings (SSSR count). The van der Waals surface area contributed by atoms with E-state index in [4.69, 9.17) is 28.2 Å². The lowest BCUT2D eigenvalue weighted by Crippen LogP contribution is -2.38. The first kappa shape index (κ1) is 21.5. The van der Waals surface area contributed by atoms with Crippen molar-refractivity contribution in [2.45, 2.75) is 45.7 Å². The highest BCUT2D eigenvalue weighted by molar-refractivity contribution is 7.11. The Kier molecular flexibility index (Phi) is 5.51. The molecular formula is C23H23Cl2N5OS. The smallest absolute Gasteiger partial charge is 0.254 e. The topological polar surface area (TPSA) is 63.1 Å². The first-order valence-electron chi connectivity index (χ1n) is 10.6. The van der Waals surface area contributed by atoms with Gasteiger partial charge in [0.1, 0.15) is 16.9 Å². The van der Waals surface area contributed by atoms with Crippen molar-refractivity contribution in [2.75, 3.05) is 11.9 Å². The minimum absolute atomic E-state index is 0.000212. The molecule has 1 fully saturated rings. The molecule has 1 saturated heterocycles. The van der Waals surface area contributed by atoms with Crippen molar-refractivity contribution >= 4 is 46.3 Å². The van der Waals surface area contributed by atoms with Gasteiger partial charge < -0.3 is 10.2 Å². The van der Waals surface area contributed by atoms with Gasteiger partial charge in [0.05, 0.1) is 33.6 Å². The summed E-state index contributed by atoms with van der Waals surface area (Å²) in [5, 5.41) is 9.81. The summed E-state index contributed by atoms with van der Waals surface area (Å²) >= 11 is 14.2. The van der Waals surface area contributed by atoms with Crippen LogP contribution in [0.5, 0.6) is 0 Å². The van der Waals surface area contributed by atoms with E-state index in [9.17, 15) is 4.79 Å². The number of benzene rings is 1. The molecule has 1 unspecified atom stereocenters. The summed E-state index contributed by atoms with van der Waals surface area (Å²) in [6.07, 6.45) is 3.61. The molecule has 3 aromatic rings. The van der Waals surface area contributed by atoms with Crippen molar-refractivity contribution in [3.8, 4) is 0 Å². The van der Waals surface area contributed by atoms with E-state index in [-0.39, 0.29) is 11.9 Å². The van der Waals surface area contributed by atoms with E-state index in [1.807, 2.05) is 41.6 Å². The number of nitrogens with one attached hydrogen (secondary N) is 1. The molecule has 0 spiro atoms. The Hall–Kier alpha value is -2.35. The SMILES string of the molecule is CC1=C(C(=O)N2CCC[C@H]2c2nc(C)c(C)s2)C(c2ccc(Cl)c(Cl)c2)n2nccc2N1. The van der Waals surface area contributed by atoms with Crippen molar-refractivity contribution < 1.29 is 4.79 Å². The Labute approximate surface area is 200 Å². The molecule has 32 heavy (non-hydrogen) atoms. The second-order valence-corrected chi connectivity index (χ2v) is 10.3. The highest BCUT2D eigenvalue weighted by Crippen LogP contribution is 2.42. The average Bonchev–Trinajstić information content (AvgIpc) is 3.49. The maximum absolute atomic E-state index is 14.1. The van der Waals surface area contributed by atoms with Crippen molar-refractivity contribution in [1.29, 1.82) is 0 Å². The number of aryl methyl sites for hydroxylation is 2. The maximum atomic E-state index is 14.1. The fourth-order valence-corrected chi connectivity index (χ4v) is 5.91. The summed E-state index contributed by atoms with van der Waals surface area (Å²) in [6.45, 7) is 6.75. The van der Waals surface area contributed by atoms with Gasteiger partial charge in [-0.3, -0.25) is 4.79 Å². The third-order valence-electron chi connectivity index (χ3n) is 6.24. The lowest BCUT2D eigenvalue weighted by molar-refractivity contribution is -0.128. The molecule has 0 saturated carbocycles. The summed E-state index contributed by atoms with van der Waals surface area (Å²) in [7, 11) is 0. The first-order valence-corrected chi connectivity index (χ1v) is 12.1. The number of thiazole rings is 1. The zero-order chi connectivity index (χ0) is 22.6. The zero-order valence-corrected chi connectivity index (χ0v) is 20.4. The van der Waals surface area contributed by atoms with Crippen LogP contribution in [0.25, 0.3) is 0 Å². The monoisotopic (exact) mass is 487 g/mol. The Morgan fingerprint density at radius 1 is 1.19 bits per heavy atom. The fraction of sp³-hybridized carbons (Fsp3) is 0.348. The molecular weight excluding hydrogens is 465 g/mol. The minimum Gasteiger partial charge on any atom is -0.344 e.